The Morgan fingerprint density at radius 2 is 1.68 bits per heavy atom. The molecule has 0 saturated heterocycles. The third-order valence-electron chi connectivity index (χ3n) is 6.80. The number of amides is 2. The van der Waals surface area contributed by atoms with Gasteiger partial charge in [0.05, 0.1) is 0 Å². The van der Waals surface area contributed by atoms with Gasteiger partial charge in [-0.2, -0.15) is 0 Å². The fourth-order valence-electron chi connectivity index (χ4n) is 4.40. The van der Waals surface area contributed by atoms with Gasteiger partial charge in [-0.25, -0.2) is 0 Å². The van der Waals surface area contributed by atoms with E-state index in [1.807, 2.05) is 62.4 Å². The Kier molecular flexibility index (Phi) is 8.76. The molecule has 0 aromatic heterocycles. The van der Waals surface area contributed by atoms with Gasteiger partial charge in [-0.3, -0.25) is 9.59 Å². The third-order valence-corrected chi connectivity index (χ3v) is 6.80. The average molecular weight is 465 g/mol. The summed E-state index contributed by atoms with van der Waals surface area (Å²) in [6.45, 7) is 10.6. The molecule has 34 heavy (non-hydrogen) atoms. The maximum atomic E-state index is 13.3. The molecule has 184 valence electrons. The van der Waals surface area contributed by atoms with E-state index in [2.05, 4.69) is 26.1 Å². The molecule has 1 N–H and O–H groups in total. The van der Waals surface area contributed by atoms with Crippen LogP contribution in [0.1, 0.15) is 76.5 Å². The molecule has 5 nitrogen and oxygen atoms in total. The SMILES string of the molecule is Cc1ccccc1CN(C(=O)COc1ccc(C(C)(C)C)cc1)[C@@H](C)C(=O)NC1CCCCC1. The second-order valence-electron chi connectivity index (χ2n) is 10.5. The van der Waals surface area contributed by atoms with Crippen molar-refractivity contribution in [3.05, 3.63) is 65.2 Å². The molecule has 2 aromatic rings. The van der Waals surface area contributed by atoms with E-state index < -0.39 is 6.04 Å². The fourth-order valence-corrected chi connectivity index (χ4v) is 4.40. The quantitative estimate of drug-likeness (QED) is 0.558. The minimum atomic E-state index is -0.583. The topological polar surface area (TPSA) is 58.6 Å². The lowest BCUT2D eigenvalue weighted by atomic mass is 9.87. The van der Waals surface area contributed by atoms with Gasteiger partial charge in [0.25, 0.3) is 5.91 Å². The summed E-state index contributed by atoms with van der Waals surface area (Å²) in [5, 5.41) is 3.17. The van der Waals surface area contributed by atoms with Crippen molar-refractivity contribution in [1.82, 2.24) is 10.2 Å². The predicted octanol–water partition coefficient (Wildman–Crippen LogP) is 5.54. The van der Waals surface area contributed by atoms with E-state index in [4.69, 9.17) is 4.74 Å². The number of nitrogens with zero attached hydrogens (tertiary/aromatic N) is 1. The summed E-state index contributed by atoms with van der Waals surface area (Å²) in [4.78, 5) is 28.1. The first-order valence-corrected chi connectivity index (χ1v) is 12.5. The molecule has 0 aliphatic heterocycles. The van der Waals surface area contributed by atoms with Crippen LogP contribution in [0.2, 0.25) is 0 Å². The van der Waals surface area contributed by atoms with Gasteiger partial charge in [0.15, 0.2) is 6.61 Å². The molecule has 5 heteroatoms. The number of hydrogen-bond donors (Lipinski definition) is 1. The highest BCUT2D eigenvalue weighted by molar-refractivity contribution is 5.88. The number of carbonyl (C=O) groups excluding carboxylic acids is 2. The summed E-state index contributed by atoms with van der Waals surface area (Å²) < 4.78 is 5.84. The van der Waals surface area contributed by atoms with Crippen LogP contribution in [0.4, 0.5) is 0 Å². The van der Waals surface area contributed by atoms with E-state index in [9.17, 15) is 9.59 Å². The van der Waals surface area contributed by atoms with Gasteiger partial charge in [-0.15, -0.1) is 0 Å². The minimum absolute atomic E-state index is 0.0554. The van der Waals surface area contributed by atoms with Crippen LogP contribution >= 0.6 is 0 Å². The van der Waals surface area contributed by atoms with Crippen molar-refractivity contribution in [2.75, 3.05) is 6.61 Å². The predicted molar refractivity (Wildman–Crippen MR) is 137 cm³/mol. The van der Waals surface area contributed by atoms with Gasteiger partial charge in [-0.05, 0) is 60.9 Å². The number of rotatable bonds is 8. The van der Waals surface area contributed by atoms with Gasteiger partial charge in [-0.1, -0.05) is 76.4 Å². The van der Waals surface area contributed by atoms with Crippen molar-refractivity contribution >= 4 is 11.8 Å². The molecule has 3 rings (SSSR count). The molecule has 1 atom stereocenters. The van der Waals surface area contributed by atoms with Gasteiger partial charge in [0, 0.05) is 12.6 Å². The second-order valence-corrected chi connectivity index (χ2v) is 10.5. The molecule has 1 saturated carbocycles. The zero-order valence-electron chi connectivity index (χ0n) is 21.4. The van der Waals surface area contributed by atoms with Crippen LogP contribution in [0.3, 0.4) is 0 Å². The van der Waals surface area contributed by atoms with Crippen molar-refractivity contribution in [3.8, 4) is 5.75 Å². The maximum absolute atomic E-state index is 13.3. The van der Waals surface area contributed by atoms with Crippen LogP contribution in [-0.2, 0) is 21.5 Å². The van der Waals surface area contributed by atoms with E-state index in [1.54, 1.807) is 4.90 Å². The highest BCUT2D eigenvalue weighted by Crippen LogP contribution is 2.24. The van der Waals surface area contributed by atoms with E-state index >= 15 is 0 Å². The van der Waals surface area contributed by atoms with Crippen molar-refractivity contribution in [2.24, 2.45) is 0 Å². The molecule has 2 aromatic carbocycles. The zero-order valence-corrected chi connectivity index (χ0v) is 21.4. The van der Waals surface area contributed by atoms with Gasteiger partial charge < -0.3 is 15.0 Å². The average Bonchev–Trinajstić information content (AvgIpc) is 2.82. The molecule has 0 radical (unpaired) electrons. The summed E-state index contributed by atoms with van der Waals surface area (Å²) in [7, 11) is 0. The van der Waals surface area contributed by atoms with E-state index in [-0.39, 0.29) is 29.9 Å². The van der Waals surface area contributed by atoms with Crippen molar-refractivity contribution in [1.29, 1.82) is 0 Å². The lowest BCUT2D eigenvalue weighted by Gasteiger charge is -2.31. The second kappa shape index (κ2) is 11.5. The van der Waals surface area contributed by atoms with Gasteiger partial charge in [0.1, 0.15) is 11.8 Å². The Hall–Kier alpha value is -2.82. The van der Waals surface area contributed by atoms with Gasteiger partial charge in [0.2, 0.25) is 5.91 Å². The van der Waals surface area contributed by atoms with Crippen LogP contribution in [0.25, 0.3) is 0 Å². The molecule has 0 unspecified atom stereocenters. The van der Waals surface area contributed by atoms with Gasteiger partial charge >= 0.3 is 0 Å². The summed E-state index contributed by atoms with van der Waals surface area (Å²) >= 11 is 0. The summed E-state index contributed by atoms with van der Waals surface area (Å²) in [6.07, 6.45) is 5.55. The molecule has 2 amide bonds. The van der Waals surface area contributed by atoms with Crippen LogP contribution in [-0.4, -0.2) is 35.4 Å². The van der Waals surface area contributed by atoms with Crippen molar-refractivity contribution < 1.29 is 14.3 Å². The first-order chi connectivity index (χ1) is 16.1. The number of ether oxygens (including phenoxy) is 1. The van der Waals surface area contributed by atoms with E-state index in [0.717, 1.165) is 36.8 Å². The molecule has 1 aliphatic carbocycles. The first-order valence-electron chi connectivity index (χ1n) is 12.5. The fraction of sp³-hybridized carbons (Fsp3) is 0.517. The smallest absolute Gasteiger partial charge is 0.261 e. The Bertz CT molecular complexity index is 956. The number of hydrogen-bond acceptors (Lipinski definition) is 3. The Morgan fingerprint density at radius 3 is 2.29 bits per heavy atom. The Balaban J connectivity index is 1.70. The third kappa shape index (κ3) is 7.09. The standard InChI is InChI=1S/C29H40N2O3/c1-21-11-9-10-12-23(21)19-31(22(2)28(33)30-25-13-7-6-8-14-25)27(32)20-34-26-17-15-24(16-18-26)29(3,4)5/h9-12,15-18,22,25H,6-8,13-14,19-20H2,1-5H3,(H,30,33)/t22-/m0/s1. The molecular weight excluding hydrogens is 424 g/mol. The molecule has 0 spiro atoms. The Morgan fingerprint density at radius 1 is 1.03 bits per heavy atom. The number of benzene rings is 2. The highest BCUT2D eigenvalue weighted by atomic mass is 16.5. The van der Waals surface area contributed by atoms with Crippen LogP contribution in [0.15, 0.2) is 48.5 Å². The van der Waals surface area contributed by atoms with Crippen LogP contribution < -0.4 is 10.1 Å². The lowest BCUT2D eigenvalue weighted by Crippen LogP contribution is -2.51. The van der Waals surface area contributed by atoms with E-state index in [1.165, 1.54) is 12.0 Å². The highest BCUT2D eigenvalue weighted by Gasteiger charge is 2.28. The Labute approximate surface area is 204 Å². The molecule has 1 aliphatic rings. The molecule has 1 fully saturated rings. The maximum Gasteiger partial charge on any atom is 0.261 e. The minimum Gasteiger partial charge on any atom is -0.484 e. The largest absolute Gasteiger partial charge is 0.484 e. The number of carbonyl (C=O) groups is 2. The first kappa shape index (κ1) is 25.8. The monoisotopic (exact) mass is 464 g/mol. The molecular formula is C29H40N2O3. The van der Waals surface area contributed by atoms with Crippen molar-refractivity contribution in [3.63, 3.8) is 0 Å². The molecule has 0 bridgehead atoms. The van der Waals surface area contributed by atoms with Crippen molar-refractivity contribution in [2.45, 2.75) is 90.8 Å². The zero-order chi connectivity index (χ0) is 24.7. The summed E-state index contributed by atoms with van der Waals surface area (Å²) in [5.41, 5.74) is 3.39. The molecule has 0 heterocycles. The number of aryl methyl sites for hydroxylation is 1. The summed E-state index contributed by atoms with van der Waals surface area (Å²) in [6, 6.07) is 15.5. The normalized spacial score (nSPS) is 15.4. The van der Waals surface area contributed by atoms with E-state index in [0.29, 0.717) is 12.3 Å². The summed E-state index contributed by atoms with van der Waals surface area (Å²) in [5.74, 6) is 0.356. The van der Waals surface area contributed by atoms with Crippen LogP contribution in [0, 0.1) is 6.92 Å². The van der Waals surface area contributed by atoms with Crippen LogP contribution in [0.5, 0.6) is 5.75 Å². The lowest BCUT2D eigenvalue weighted by molar-refractivity contribution is -0.142. The number of nitrogens with one attached hydrogen (secondary N) is 1.